The number of nitrogens with two attached hydrogens (primary N) is 2. The van der Waals surface area contributed by atoms with E-state index in [1.165, 1.54) is 0 Å². The Labute approximate surface area is 86.7 Å². The molecular formula is C6H20N4O3S. The Balaban J connectivity index is 0. The molecule has 0 aliphatic rings. The second kappa shape index (κ2) is 15.4. The Kier molecular flexibility index (Phi) is 18.0. The highest BCUT2D eigenvalue weighted by Crippen LogP contribution is 1.57. The van der Waals surface area contributed by atoms with Gasteiger partial charge in [0.25, 0.3) is 11.4 Å². The monoisotopic (exact) mass is 228 g/mol. The van der Waals surface area contributed by atoms with Gasteiger partial charge in [0.2, 0.25) is 0 Å². The van der Waals surface area contributed by atoms with E-state index in [0.717, 1.165) is 26.2 Å². The standard InChI is InChI=1S/C6H18N4.H2O3S/c7-1-3-9-5-6-10-4-2-8;1-4(2)3/h9-10H,1-8H2;(H2,1,2,3). The molecule has 8 N–H and O–H groups in total. The van der Waals surface area contributed by atoms with Crippen LogP contribution in [0.1, 0.15) is 0 Å². The lowest BCUT2D eigenvalue weighted by atomic mass is 10.5. The first-order chi connectivity index (χ1) is 6.65. The largest absolute Gasteiger partial charge is 0.329 e. The van der Waals surface area contributed by atoms with Crippen LogP contribution in [0.4, 0.5) is 0 Å². The third kappa shape index (κ3) is 29.7. The van der Waals surface area contributed by atoms with Crippen LogP contribution in [0.5, 0.6) is 0 Å². The normalized spacial score (nSPS) is 9.79. The molecule has 14 heavy (non-hydrogen) atoms. The van der Waals surface area contributed by atoms with Gasteiger partial charge in [-0.05, 0) is 0 Å². The van der Waals surface area contributed by atoms with Crippen LogP contribution in [0.15, 0.2) is 0 Å². The molecule has 0 atom stereocenters. The van der Waals surface area contributed by atoms with E-state index in [0.29, 0.717) is 13.1 Å². The van der Waals surface area contributed by atoms with Crippen LogP contribution in [0.25, 0.3) is 0 Å². The van der Waals surface area contributed by atoms with Gasteiger partial charge in [-0.25, -0.2) is 0 Å². The Morgan fingerprint density at radius 3 is 1.43 bits per heavy atom. The van der Waals surface area contributed by atoms with Crippen molar-refractivity contribution in [1.29, 1.82) is 0 Å². The average molecular weight is 228 g/mol. The van der Waals surface area contributed by atoms with Gasteiger partial charge in [0.15, 0.2) is 0 Å². The second-order valence-corrected chi connectivity index (χ2v) is 2.77. The molecule has 0 bridgehead atoms. The summed E-state index contributed by atoms with van der Waals surface area (Å²) in [6.07, 6.45) is 0. The molecule has 0 aliphatic carbocycles. The lowest BCUT2D eigenvalue weighted by Crippen LogP contribution is -2.32. The van der Waals surface area contributed by atoms with Crippen LogP contribution in [-0.4, -0.2) is 52.6 Å². The van der Waals surface area contributed by atoms with Gasteiger partial charge in [-0.2, -0.15) is 4.21 Å². The van der Waals surface area contributed by atoms with Gasteiger partial charge in [0, 0.05) is 39.3 Å². The van der Waals surface area contributed by atoms with E-state index in [1.54, 1.807) is 0 Å². The fraction of sp³-hybridized carbons (Fsp3) is 1.00. The van der Waals surface area contributed by atoms with E-state index >= 15 is 0 Å². The number of rotatable bonds is 7. The zero-order valence-electron chi connectivity index (χ0n) is 8.11. The molecule has 0 aromatic rings. The summed E-state index contributed by atoms with van der Waals surface area (Å²) < 4.78 is 22.8. The smallest absolute Gasteiger partial charge is 0.299 e. The van der Waals surface area contributed by atoms with Crippen molar-refractivity contribution < 1.29 is 13.3 Å². The Bertz CT molecular complexity index is 116. The molecule has 0 heterocycles. The van der Waals surface area contributed by atoms with Crippen molar-refractivity contribution in [2.24, 2.45) is 11.5 Å². The molecule has 7 nitrogen and oxygen atoms in total. The number of nitrogens with one attached hydrogen (secondary N) is 2. The predicted octanol–water partition coefficient (Wildman–Crippen LogP) is -2.24. The van der Waals surface area contributed by atoms with Gasteiger partial charge in [-0.1, -0.05) is 0 Å². The van der Waals surface area contributed by atoms with Gasteiger partial charge < -0.3 is 22.1 Å². The minimum atomic E-state index is -2.61. The maximum Gasteiger partial charge on any atom is 0.299 e. The number of hydrogen-bond acceptors (Lipinski definition) is 5. The molecule has 0 saturated carbocycles. The highest BCUT2D eigenvalue weighted by Gasteiger charge is 1.83. The van der Waals surface area contributed by atoms with Gasteiger partial charge in [0.1, 0.15) is 0 Å². The lowest BCUT2D eigenvalue weighted by Gasteiger charge is -2.03. The predicted molar refractivity (Wildman–Crippen MR) is 57.2 cm³/mol. The van der Waals surface area contributed by atoms with E-state index in [2.05, 4.69) is 10.6 Å². The summed E-state index contributed by atoms with van der Waals surface area (Å²) in [5.41, 5.74) is 10.5. The summed E-state index contributed by atoms with van der Waals surface area (Å²) in [5.74, 6) is 0. The number of hydrogen-bond donors (Lipinski definition) is 6. The van der Waals surface area contributed by atoms with E-state index in [1.807, 2.05) is 0 Å². The molecule has 0 rings (SSSR count). The van der Waals surface area contributed by atoms with Crippen molar-refractivity contribution >= 4 is 11.4 Å². The summed E-state index contributed by atoms with van der Waals surface area (Å²) in [5, 5.41) is 6.33. The molecule has 0 aromatic carbocycles. The van der Waals surface area contributed by atoms with Crippen molar-refractivity contribution in [3.8, 4) is 0 Å². The van der Waals surface area contributed by atoms with Crippen molar-refractivity contribution in [2.45, 2.75) is 0 Å². The molecule has 8 heteroatoms. The first-order valence-electron chi connectivity index (χ1n) is 4.26. The van der Waals surface area contributed by atoms with E-state index < -0.39 is 11.4 Å². The summed E-state index contributed by atoms with van der Waals surface area (Å²) >= 11 is -2.61. The highest BCUT2D eigenvalue weighted by molar-refractivity contribution is 7.73. The minimum absolute atomic E-state index is 0.705. The Hall–Kier alpha value is -0.0900. The van der Waals surface area contributed by atoms with Crippen LogP contribution in [0, 0.1) is 0 Å². The van der Waals surface area contributed by atoms with Crippen LogP contribution < -0.4 is 22.1 Å². The van der Waals surface area contributed by atoms with Crippen LogP contribution >= 0.6 is 0 Å². The molecule has 0 aromatic heterocycles. The molecule has 0 radical (unpaired) electrons. The molecule has 0 unspecified atom stereocenters. The summed E-state index contributed by atoms with van der Waals surface area (Å²) in [6, 6.07) is 0. The van der Waals surface area contributed by atoms with Crippen molar-refractivity contribution in [3.05, 3.63) is 0 Å². The SMILES string of the molecule is NCCNCCNCCN.O=S(O)O. The first-order valence-corrected chi connectivity index (χ1v) is 5.33. The molecule has 0 fully saturated rings. The zero-order valence-corrected chi connectivity index (χ0v) is 8.92. The fourth-order valence-electron chi connectivity index (χ4n) is 0.631. The average Bonchev–Trinajstić information content (AvgIpc) is 2.10. The molecule has 0 saturated heterocycles. The summed E-state index contributed by atoms with van der Waals surface area (Å²) in [6.45, 7) is 5.14. The maximum absolute atomic E-state index is 8.67. The van der Waals surface area contributed by atoms with Crippen molar-refractivity contribution in [3.63, 3.8) is 0 Å². The third-order valence-corrected chi connectivity index (χ3v) is 1.12. The quantitative estimate of drug-likeness (QED) is 0.214. The van der Waals surface area contributed by atoms with Gasteiger partial charge in [-0.3, -0.25) is 9.11 Å². The van der Waals surface area contributed by atoms with Crippen molar-refractivity contribution in [1.82, 2.24) is 10.6 Å². The van der Waals surface area contributed by atoms with Gasteiger partial charge in [0.05, 0.1) is 0 Å². The van der Waals surface area contributed by atoms with Gasteiger partial charge >= 0.3 is 0 Å². The van der Waals surface area contributed by atoms with Crippen LogP contribution in [0.2, 0.25) is 0 Å². The third-order valence-electron chi connectivity index (χ3n) is 1.12. The molecule has 0 amide bonds. The first kappa shape index (κ1) is 16.3. The summed E-state index contributed by atoms with van der Waals surface area (Å²) in [4.78, 5) is 0. The molecule has 88 valence electrons. The van der Waals surface area contributed by atoms with Crippen LogP contribution in [-0.2, 0) is 11.4 Å². The maximum atomic E-state index is 8.67. The van der Waals surface area contributed by atoms with Crippen molar-refractivity contribution in [2.75, 3.05) is 39.3 Å². The molecular weight excluding hydrogens is 208 g/mol. The Morgan fingerprint density at radius 2 is 1.21 bits per heavy atom. The topological polar surface area (TPSA) is 134 Å². The minimum Gasteiger partial charge on any atom is -0.329 e. The fourth-order valence-corrected chi connectivity index (χ4v) is 0.631. The lowest BCUT2D eigenvalue weighted by molar-refractivity contribution is 0.454. The van der Waals surface area contributed by atoms with Crippen LogP contribution in [0.3, 0.4) is 0 Å². The highest BCUT2D eigenvalue weighted by atomic mass is 32.2. The van der Waals surface area contributed by atoms with E-state index in [9.17, 15) is 0 Å². The molecule has 0 spiro atoms. The second-order valence-electron chi connectivity index (χ2n) is 2.31. The summed E-state index contributed by atoms with van der Waals surface area (Å²) in [7, 11) is 0. The Morgan fingerprint density at radius 1 is 0.929 bits per heavy atom. The van der Waals surface area contributed by atoms with Gasteiger partial charge in [-0.15, -0.1) is 0 Å². The van der Waals surface area contributed by atoms with E-state index in [4.69, 9.17) is 24.8 Å². The molecule has 0 aliphatic heterocycles. The van der Waals surface area contributed by atoms with E-state index in [-0.39, 0.29) is 0 Å². The zero-order chi connectivity index (χ0) is 11.2.